The zero-order valence-electron chi connectivity index (χ0n) is 20.9. The van der Waals surface area contributed by atoms with Crippen LogP contribution in [-0.4, -0.2) is 21.6 Å². The Hall–Kier alpha value is -5.02. The van der Waals surface area contributed by atoms with Crippen LogP contribution in [0.1, 0.15) is 0 Å². The molecule has 0 aromatic heterocycles. The molecule has 5 aromatic rings. The largest absolute Gasteiger partial charge is 0.497 e. The van der Waals surface area contributed by atoms with E-state index in [0.717, 1.165) is 21.9 Å². The van der Waals surface area contributed by atoms with E-state index in [9.17, 15) is 13.2 Å². The number of carbonyl (C=O) groups excluding carboxylic acids is 1. The molecule has 0 bridgehead atoms. The SMILES string of the molecule is COc1ccc(NS(=O)(=O)Nc2ccc(-c3ccc(NC(=O)Oc4ccc5ccccc5c4)cc3)cc2)cc1. The van der Waals surface area contributed by atoms with Crippen molar-refractivity contribution in [3.8, 4) is 22.6 Å². The van der Waals surface area contributed by atoms with Crippen LogP contribution < -0.4 is 24.2 Å². The van der Waals surface area contributed by atoms with Crippen LogP contribution in [0.2, 0.25) is 0 Å². The molecule has 9 heteroatoms. The third-order valence-corrected chi connectivity index (χ3v) is 6.88. The zero-order valence-corrected chi connectivity index (χ0v) is 21.7. The molecule has 0 aliphatic heterocycles. The highest BCUT2D eigenvalue weighted by atomic mass is 32.2. The summed E-state index contributed by atoms with van der Waals surface area (Å²) >= 11 is 0. The Morgan fingerprint density at radius 2 is 1.13 bits per heavy atom. The molecule has 39 heavy (non-hydrogen) atoms. The van der Waals surface area contributed by atoms with Crippen LogP contribution >= 0.6 is 0 Å². The van der Waals surface area contributed by atoms with Crippen molar-refractivity contribution in [3.63, 3.8) is 0 Å². The normalized spacial score (nSPS) is 11.0. The Balaban J connectivity index is 1.17. The third kappa shape index (κ3) is 6.65. The molecule has 196 valence electrons. The van der Waals surface area contributed by atoms with Gasteiger partial charge in [0.25, 0.3) is 0 Å². The van der Waals surface area contributed by atoms with Gasteiger partial charge in [0, 0.05) is 5.69 Å². The fourth-order valence-corrected chi connectivity index (χ4v) is 4.90. The molecule has 3 N–H and O–H groups in total. The van der Waals surface area contributed by atoms with Crippen LogP contribution in [0.15, 0.2) is 115 Å². The van der Waals surface area contributed by atoms with Gasteiger partial charge >= 0.3 is 16.3 Å². The fourth-order valence-electron chi connectivity index (χ4n) is 3.95. The number of hydrogen-bond donors (Lipinski definition) is 3. The molecular formula is C30H25N3O5S. The highest BCUT2D eigenvalue weighted by Crippen LogP contribution is 2.25. The Bertz CT molecular complexity index is 1700. The predicted octanol–water partition coefficient (Wildman–Crippen LogP) is 6.90. The monoisotopic (exact) mass is 539 g/mol. The van der Waals surface area contributed by atoms with E-state index in [2.05, 4.69) is 14.8 Å². The summed E-state index contributed by atoms with van der Waals surface area (Å²) in [6.45, 7) is 0. The Morgan fingerprint density at radius 3 is 1.72 bits per heavy atom. The molecule has 0 unspecified atom stereocenters. The van der Waals surface area contributed by atoms with Gasteiger partial charge in [-0.1, -0.05) is 54.6 Å². The number of rotatable bonds is 8. The topological polar surface area (TPSA) is 106 Å². The minimum Gasteiger partial charge on any atom is -0.497 e. The lowest BCUT2D eigenvalue weighted by atomic mass is 10.1. The van der Waals surface area contributed by atoms with Gasteiger partial charge in [-0.3, -0.25) is 14.8 Å². The van der Waals surface area contributed by atoms with Crippen LogP contribution in [0.25, 0.3) is 21.9 Å². The van der Waals surface area contributed by atoms with Gasteiger partial charge in [0.15, 0.2) is 0 Å². The summed E-state index contributed by atoms with van der Waals surface area (Å²) in [4.78, 5) is 12.4. The highest BCUT2D eigenvalue weighted by molar-refractivity contribution is 7.94. The van der Waals surface area contributed by atoms with Gasteiger partial charge in [-0.25, -0.2) is 4.79 Å². The number of amides is 1. The van der Waals surface area contributed by atoms with E-state index in [1.54, 1.807) is 61.7 Å². The second-order valence-electron chi connectivity index (χ2n) is 8.61. The molecule has 0 saturated carbocycles. The van der Waals surface area contributed by atoms with E-state index in [-0.39, 0.29) is 0 Å². The number of ether oxygens (including phenoxy) is 2. The number of fused-ring (bicyclic) bond motifs is 1. The van der Waals surface area contributed by atoms with Crippen LogP contribution in [0.3, 0.4) is 0 Å². The second-order valence-corrected chi connectivity index (χ2v) is 10.0. The molecule has 0 heterocycles. The van der Waals surface area contributed by atoms with Crippen LogP contribution in [0.5, 0.6) is 11.5 Å². The van der Waals surface area contributed by atoms with E-state index in [0.29, 0.717) is 28.6 Å². The molecule has 0 radical (unpaired) electrons. The lowest BCUT2D eigenvalue weighted by molar-refractivity contribution is 0.215. The summed E-state index contributed by atoms with van der Waals surface area (Å²) in [5.74, 6) is 1.09. The van der Waals surface area contributed by atoms with Crippen molar-refractivity contribution in [3.05, 3.63) is 115 Å². The van der Waals surface area contributed by atoms with E-state index in [4.69, 9.17) is 9.47 Å². The average Bonchev–Trinajstić information content (AvgIpc) is 2.94. The summed E-state index contributed by atoms with van der Waals surface area (Å²) in [7, 11) is -2.29. The smallest absolute Gasteiger partial charge is 0.417 e. The molecule has 0 atom stereocenters. The van der Waals surface area contributed by atoms with Crippen LogP contribution in [0.4, 0.5) is 21.9 Å². The minimum absolute atomic E-state index is 0.412. The van der Waals surface area contributed by atoms with Gasteiger partial charge in [0.05, 0.1) is 18.5 Å². The van der Waals surface area contributed by atoms with Gasteiger partial charge in [-0.15, -0.1) is 0 Å². The summed E-state index contributed by atoms with van der Waals surface area (Å²) in [6.07, 6.45) is -0.585. The van der Waals surface area contributed by atoms with Gasteiger partial charge in [0.1, 0.15) is 11.5 Å². The first-order valence-electron chi connectivity index (χ1n) is 12.0. The number of methoxy groups -OCH3 is 1. The molecule has 0 fully saturated rings. The van der Waals surface area contributed by atoms with Gasteiger partial charge < -0.3 is 9.47 Å². The lowest BCUT2D eigenvalue weighted by Gasteiger charge is -2.12. The first kappa shape index (κ1) is 25.6. The van der Waals surface area contributed by atoms with Crippen molar-refractivity contribution in [2.75, 3.05) is 21.9 Å². The molecule has 0 aliphatic rings. The van der Waals surface area contributed by atoms with Crippen molar-refractivity contribution >= 4 is 44.1 Å². The molecule has 5 rings (SSSR count). The number of benzene rings is 5. The van der Waals surface area contributed by atoms with Crippen molar-refractivity contribution in [2.24, 2.45) is 0 Å². The summed E-state index contributed by atoms with van der Waals surface area (Å²) < 4.78 is 40.4. The summed E-state index contributed by atoms with van der Waals surface area (Å²) in [6, 6.07) is 34.1. The Kier molecular flexibility index (Phi) is 7.33. The summed E-state index contributed by atoms with van der Waals surface area (Å²) in [5, 5.41) is 4.78. The maximum absolute atomic E-state index is 12.5. The molecule has 8 nitrogen and oxygen atoms in total. The molecule has 0 spiro atoms. The molecule has 1 amide bonds. The fraction of sp³-hybridized carbons (Fsp3) is 0.0333. The Morgan fingerprint density at radius 1 is 0.615 bits per heavy atom. The maximum atomic E-state index is 12.5. The zero-order chi connectivity index (χ0) is 27.2. The molecule has 5 aromatic carbocycles. The van der Waals surface area contributed by atoms with E-state index in [1.165, 1.54) is 0 Å². The van der Waals surface area contributed by atoms with E-state index < -0.39 is 16.3 Å². The van der Waals surface area contributed by atoms with Crippen molar-refractivity contribution in [2.45, 2.75) is 0 Å². The highest BCUT2D eigenvalue weighted by Gasteiger charge is 2.11. The first-order valence-corrected chi connectivity index (χ1v) is 13.5. The average molecular weight is 540 g/mol. The maximum Gasteiger partial charge on any atom is 0.417 e. The number of carbonyl (C=O) groups is 1. The van der Waals surface area contributed by atoms with Crippen LogP contribution in [0, 0.1) is 0 Å². The van der Waals surface area contributed by atoms with E-state index >= 15 is 0 Å². The van der Waals surface area contributed by atoms with Gasteiger partial charge in [-0.05, 0) is 82.6 Å². The van der Waals surface area contributed by atoms with Crippen molar-refractivity contribution < 1.29 is 22.7 Å². The predicted molar refractivity (Wildman–Crippen MR) is 155 cm³/mol. The van der Waals surface area contributed by atoms with E-state index in [1.807, 2.05) is 60.7 Å². The minimum atomic E-state index is -3.83. The number of hydrogen-bond acceptors (Lipinski definition) is 5. The van der Waals surface area contributed by atoms with Gasteiger partial charge in [0.2, 0.25) is 0 Å². The number of anilines is 3. The van der Waals surface area contributed by atoms with Crippen LogP contribution in [-0.2, 0) is 10.2 Å². The first-order chi connectivity index (χ1) is 18.9. The second kappa shape index (κ2) is 11.2. The molecular weight excluding hydrogens is 514 g/mol. The summed E-state index contributed by atoms with van der Waals surface area (Å²) in [5.41, 5.74) is 3.18. The molecule has 0 saturated heterocycles. The van der Waals surface area contributed by atoms with Crippen molar-refractivity contribution in [1.82, 2.24) is 0 Å². The Labute approximate surface area is 226 Å². The quantitative estimate of drug-likeness (QED) is 0.199. The number of nitrogens with one attached hydrogen (secondary N) is 3. The van der Waals surface area contributed by atoms with Crippen molar-refractivity contribution in [1.29, 1.82) is 0 Å². The third-order valence-electron chi connectivity index (χ3n) is 5.88. The lowest BCUT2D eigenvalue weighted by Crippen LogP contribution is -2.21. The van der Waals surface area contributed by atoms with Gasteiger partial charge in [-0.2, -0.15) is 8.42 Å². The standard InChI is InChI=1S/C30H25N3O5S/c1-37-28-18-15-27(16-19-28)33-39(35,36)32-26-13-8-23(9-14-26)22-6-11-25(12-7-22)31-30(34)38-29-17-10-21-4-2-3-5-24(21)20-29/h2-20,32-33H,1H3,(H,31,34). The molecule has 0 aliphatic carbocycles.